The zero-order valence-corrected chi connectivity index (χ0v) is 11.1. The highest BCUT2D eigenvalue weighted by atomic mass is 16.3. The molecule has 0 saturated carbocycles. The highest BCUT2D eigenvalue weighted by Crippen LogP contribution is 2.03. The van der Waals surface area contributed by atoms with Gasteiger partial charge >= 0.3 is 0 Å². The van der Waals surface area contributed by atoms with Gasteiger partial charge in [-0.1, -0.05) is 48.6 Å². The Morgan fingerprint density at radius 2 is 1.21 bits per heavy atom. The van der Waals surface area contributed by atoms with Gasteiger partial charge in [-0.25, -0.2) is 0 Å². The fraction of sp³-hybridized carbons (Fsp3) is 0.125. The average Bonchev–Trinajstić information content (AvgIpc) is 2.43. The first kappa shape index (κ1) is 16.7. The van der Waals surface area contributed by atoms with E-state index in [0.717, 1.165) is 0 Å². The minimum Gasteiger partial charge on any atom is -0.508 e. The van der Waals surface area contributed by atoms with Crippen molar-refractivity contribution in [3.05, 3.63) is 72.8 Å². The van der Waals surface area contributed by atoms with Crippen LogP contribution in [-0.4, -0.2) is 16.8 Å². The van der Waals surface area contributed by atoms with E-state index in [0.29, 0.717) is 18.0 Å². The van der Waals surface area contributed by atoms with Gasteiger partial charge in [0.15, 0.2) is 0 Å². The molecule has 0 fully saturated rings. The van der Waals surface area contributed by atoms with Crippen molar-refractivity contribution in [1.82, 2.24) is 0 Å². The van der Waals surface area contributed by atoms with Gasteiger partial charge in [-0.2, -0.15) is 0 Å². The first-order valence-corrected chi connectivity index (χ1v) is 6.00. The number of allylic oxidation sites excluding steroid dienone is 1. The zero-order chi connectivity index (χ0) is 14.3. The number of para-hydroxylation sites is 2. The molecule has 0 aliphatic heterocycles. The van der Waals surface area contributed by atoms with Crippen LogP contribution in [0.5, 0.6) is 11.5 Å². The molecule has 102 valence electrons. The van der Waals surface area contributed by atoms with E-state index in [2.05, 4.69) is 0 Å². The molecule has 0 aliphatic carbocycles. The second-order valence-electron chi connectivity index (χ2n) is 3.48. The Hall–Kier alpha value is -2.26. The molecule has 2 aromatic rings. The molecule has 0 atom stereocenters. The Morgan fingerprint density at radius 1 is 0.842 bits per heavy atom. The highest BCUT2D eigenvalue weighted by molar-refractivity contribution is 5.19. The molecule has 0 radical (unpaired) electrons. The van der Waals surface area contributed by atoms with E-state index in [1.165, 1.54) is 0 Å². The Labute approximate surface area is 114 Å². The van der Waals surface area contributed by atoms with Gasteiger partial charge in [-0.05, 0) is 31.2 Å². The van der Waals surface area contributed by atoms with Crippen LogP contribution in [0.1, 0.15) is 6.92 Å². The molecule has 2 aromatic carbocycles. The maximum Gasteiger partial charge on any atom is 0.115 e. The van der Waals surface area contributed by atoms with Crippen LogP contribution >= 0.6 is 0 Å². The summed E-state index contributed by atoms with van der Waals surface area (Å²) in [6.07, 6.45) is 3.83. The number of hydrogen-bond donors (Lipinski definition) is 3. The number of phenols is 2. The van der Waals surface area contributed by atoms with Crippen LogP contribution in [0.3, 0.4) is 0 Å². The Bertz CT molecular complexity index is 390. The van der Waals surface area contributed by atoms with Crippen LogP contribution in [0.25, 0.3) is 0 Å². The van der Waals surface area contributed by atoms with E-state index in [1.54, 1.807) is 48.5 Å². The predicted octanol–water partition coefficient (Wildman–Crippen LogP) is 3.31. The van der Waals surface area contributed by atoms with Crippen LogP contribution in [0.15, 0.2) is 72.8 Å². The van der Waals surface area contributed by atoms with Gasteiger partial charge in [0.2, 0.25) is 0 Å². The lowest BCUT2D eigenvalue weighted by Crippen LogP contribution is -1.90. The van der Waals surface area contributed by atoms with Crippen molar-refractivity contribution < 1.29 is 10.2 Å². The Morgan fingerprint density at radius 3 is 1.32 bits per heavy atom. The number of hydrogen-bond acceptors (Lipinski definition) is 3. The highest BCUT2D eigenvalue weighted by Gasteiger charge is 1.75. The zero-order valence-electron chi connectivity index (χ0n) is 11.1. The summed E-state index contributed by atoms with van der Waals surface area (Å²) in [7, 11) is 0. The monoisotopic (exact) mass is 259 g/mol. The summed E-state index contributed by atoms with van der Waals surface area (Å²) >= 11 is 0. The molecule has 0 saturated heterocycles. The first-order chi connectivity index (χ1) is 9.20. The molecule has 2 rings (SSSR count). The molecular weight excluding hydrogens is 238 g/mol. The van der Waals surface area contributed by atoms with Crippen LogP contribution in [0.2, 0.25) is 0 Å². The molecule has 3 nitrogen and oxygen atoms in total. The molecule has 0 unspecified atom stereocenters. The van der Waals surface area contributed by atoms with E-state index in [1.807, 2.05) is 31.2 Å². The third-order valence-corrected chi connectivity index (χ3v) is 1.88. The molecule has 3 heteroatoms. The van der Waals surface area contributed by atoms with Crippen molar-refractivity contribution in [1.29, 1.82) is 0 Å². The third kappa shape index (κ3) is 12.0. The standard InChI is InChI=1S/2C6H6O.C4H9N/c2*7-6-4-2-1-3-5-6;1-2-3-4-5/h2*1-5,7H;2-3H,4-5H2,1H3. The molecule has 0 aromatic heterocycles. The van der Waals surface area contributed by atoms with Crippen molar-refractivity contribution in [2.24, 2.45) is 5.73 Å². The van der Waals surface area contributed by atoms with Crippen LogP contribution in [0, 0.1) is 0 Å². The summed E-state index contributed by atoms with van der Waals surface area (Å²) in [6.45, 7) is 2.61. The summed E-state index contributed by atoms with van der Waals surface area (Å²) < 4.78 is 0. The lowest BCUT2D eigenvalue weighted by Gasteiger charge is -1.82. The minimum atomic E-state index is 0.322. The van der Waals surface area contributed by atoms with E-state index < -0.39 is 0 Å². The smallest absolute Gasteiger partial charge is 0.115 e. The Kier molecular flexibility index (Phi) is 10.8. The second kappa shape index (κ2) is 12.2. The van der Waals surface area contributed by atoms with E-state index in [4.69, 9.17) is 15.9 Å². The molecule has 4 N–H and O–H groups in total. The number of nitrogens with two attached hydrogens (primary N) is 1. The quantitative estimate of drug-likeness (QED) is 0.688. The SMILES string of the molecule is CC=CCN.Oc1ccccc1.Oc1ccccc1. The number of benzene rings is 2. The van der Waals surface area contributed by atoms with Gasteiger partial charge in [-0.15, -0.1) is 0 Å². The van der Waals surface area contributed by atoms with Gasteiger partial charge in [0, 0.05) is 6.54 Å². The fourth-order valence-corrected chi connectivity index (χ4v) is 0.992. The van der Waals surface area contributed by atoms with E-state index in [-0.39, 0.29) is 0 Å². The van der Waals surface area contributed by atoms with Crippen molar-refractivity contribution in [3.8, 4) is 11.5 Å². The molecule has 0 heterocycles. The molecule has 0 aliphatic rings. The predicted molar refractivity (Wildman–Crippen MR) is 80.1 cm³/mol. The second-order valence-corrected chi connectivity index (χ2v) is 3.48. The van der Waals surface area contributed by atoms with Crippen LogP contribution in [0.4, 0.5) is 0 Å². The van der Waals surface area contributed by atoms with E-state index >= 15 is 0 Å². The minimum absolute atomic E-state index is 0.322. The van der Waals surface area contributed by atoms with Crippen molar-refractivity contribution in [2.75, 3.05) is 6.54 Å². The molecule has 19 heavy (non-hydrogen) atoms. The number of phenolic OH excluding ortho intramolecular Hbond substituents is 2. The summed E-state index contributed by atoms with van der Waals surface area (Å²) in [4.78, 5) is 0. The van der Waals surface area contributed by atoms with Gasteiger partial charge in [0.05, 0.1) is 0 Å². The number of aromatic hydroxyl groups is 2. The average molecular weight is 259 g/mol. The normalized spacial score (nSPS) is 8.95. The van der Waals surface area contributed by atoms with Gasteiger partial charge in [0.1, 0.15) is 11.5 Å². The summed E-state index contributed by atoms with van der Waals surface area (Å²) in [6, 6.07) is 17.4. The topological polar surface area (TPSA) is 66.5 Å². The van der Waals surface area contributed by atoms with Crippen molar-refractivity contribution in [2.45, 2.75) is 6.92 Å². The van der Waals surface area contributed by atoms with Crippen molar-refractivity contribution >= 4 is 0 Å². The Balaban J connectivity index is 0.000000261. The molecule has 0 spiro atoms. The summed E-state index contributed by atoms with van der Waals surface area (Å²) in [5.41, 5.74) is 5.05. The molecular formula is C16H21NO2. The lowest BCUT2D eigenvalue weighted by atomic mass is 10.3. The summed E-state index contributed by atoms with van der Waals surface area (Å²) in [5, 5.41) is 17.3. The largest absolute Gasteiger partial charge is 0.508 e. The summed E-state index contributed by atoms with van der Waals surface area (Å²) in [5.74, 6) is 0.644. The van der Waals surface area contributed by atoms with E-state index in [9.17, 15) is 0 Å². The number of rotatable bonds is 1. The lowest BCUT2D eigenvalue weighted by molar-refractivity contribution is 0.475. The molecule has 0 bridgehead atoms. The van der Waals surface area contributed by atoms with Crippen molar-refractivity contribution in [3.63, 3.8) is 0 Å². The van der Waals surface area contributed by atoms with Crippen LogP contribution in [-0.2, 0) is 0 Å². The molecule has 0 amide bonds. The van der Waals surface area contributed by atoms with Gasteiger partial charge < -0.3 is 15.9 Å². The van der Waals surface area contributed by atoms with Crippen LogP contribution < -0.4 is 5.73 Å². The maximum atomic E-state index is 8.63. The maximum absolute atomic E-state index is 8.63. The van der Waals surface area contributed by atoms with Gasteiger partial charge in [0.25, 0.3) is 0 Å². The first-order valence-electron chi connectivity index (χ1n) is 6.00. The third-order valence-electron chi connectivity index (χ3n) is 1.88. The van der Waals surface area contributed by atoms with Gasteiger partial charge in [-0.3, -0.25) is 0 Å². The fourth-order valence-electron chi connectivity index (χ4n) is 0.992.